The van der Waals surface area contributed by atoms with Gasteiger partial charge in [-0.3, -0.25) is 9.69 Å². The van der Waals surface area contributed by atoms with Crippen molar-refractivity contribution in [2.45, 2.75) is 44.2 Å². The van der Waals surface area contributed by atoms with Crippen LogP contribution in [0.4, 0.5) is 8.78 Å². The zero-order valence-electron chi connectivity index (χ0n) is 10.5. The van der Waals surface area contributed by atoms with E-state index in [1.54, 1.807) is 0 Å². The van der Waals surface area contributed by atoms with Gasteiger partial charge in [-0.15, -0.1) is 0 Å². The average molecular weight is 261 g/mol. The molecule has 0 radical (unpaired) electrons. The van der Waals surface area contributed by atoms with Crippen LogP contribution >= 0.6 is 0 Å². The minimum absolute atomic E-state index is 0.202. The molecule has 1 amide bonds. The fourth-order valence-corrected chi connectivity index (χ4v) is 2.94. The second-order valence-electron chi connectivity index (χ2n) is 5.01. The van der Waals surface area contributed by atoms with Gasteiger partial charge in [0.25, 0.3) is 6.43 Å². The summed E-state index contributed by atoms with van der Waals surface area (Å²) in [6, 6.07) is 0.225. The molecule has 2 fully saturated rings. The topological polar surface area (TPSA) is 44.4 Å². The molecule has 0 aromatic carbocycles. The van der Waals surface area contributed by atoms with Gasteiger partial charge in [0.1, 0.15) is 0 Å². The van der Waals surface area contributed by atoms with Crippen LogP contribution in [0.2, 0.25) is 0 Å². The Balaban J connectivity index is 1.87. The normalized spacial score (nSPS) is 26.7. The molecule has 2 aliphatic rings. The summed E-state index contributed by atoms with van der Waals surface area (Å²) in [5.74, 6) is -0.230. The highest BCUT2D eigenvalue weighted by Crippen LogP contribution is 2.24. The van der Waals surface area contributed by atoms with Crippen molar-refractivity contribution in [3.8, 4) is 0 Å². The summed E-state index contributed by atoms with van der Waals surface area (Å²) < 4.78 is 24.2. The van der Waals surface area contributed by atoms with Crippen LogP contribution in [0.15, 0.2) is 0 Å². The highest BCUT2D eigenvalue weighted by atomic mass is 19.3. The second-order valence-corrected chi connectivity index (χ2v) is 5.01. The van der Waals surface area contributed by atoms with Gasteiger partial charge in [0, 0.05) is 6.04 Å². The number of nitrogens with one attached hydrogen (secondary N) is 2. The summed E-state index contributed by atoms with van der Waals surface area (Å²) >= 11 is 0. The number of piperidine rings is 1. The van der Waals surface area contributed by atoms with Crippen LogP contribution in [0, 0.1) is 0 Å². The van der Waals surface area contributed by atoms with Gasteiger partial charge in [-0.2, -0.15) is 0 Å². The summed E-state index contributed by atoms with van der Waals surface area (Å²) in [6.45, 7) is 2.34. The van der Waals surface area contributed by atoms with E-state index in [-0.39, 0.29) is 11.9 Å². The third kappa shape index (κ3) is 3.38. The SMILES string of the molecule is O=C(NCC(F)F)C1CCCN1C1CCNCC1. The van der Waals surface area contributed by atoms with Crippen molar-refractivity contribution < 1.29 is 13.6 Å². The maximum absolute atomic E-state index is 12.1. The predicted molar refractivity (Wildman–Crippen MR) is 64.6 cm³/mol. The van der Waals surface area contributed by atoms with E-state index in [0.717, 1.165) is 45.3 Å². The Morgan fingerprint density at radius 1 is 1.33 bits per heavy atom. The Bertz CT molecular complexity index is 282. The highest BCUT2D eigenvalue weighted by Gasteiger charge is 2.35. The van der Waals surface area contributed by atoms with Crippen LogP contribution in [0.1, 0.15) is 25.7 Å². The van der Waals surface area contributed by atoms with Gasteiger partial charge >= 0.3 is 0 Å². The lowest BCUT2D eigenvalue weighted by atomic mass is 10.0. The van der Waals surface area contributed by atoms with Crippen molar-refractivity contribution in [1.29, 1.82) is 0 Å². The molecule has 2 aliphatic heterocycles. The van der Waals surface area contributed by atoms with Crippen molar-refractivity contribution in [1.82, 2.24) is 15.5 Å². The first-order valence-corrected chi connectivity index (χ1v) is 6.71. The van der Waals surface area contributed by atoms with Crippen LogP contribution in [-0.4, -0.2) is 55.5 Å². The van der Waals surface area contributed by atoms with E-state index in [4.69, 9.17) is 0 Å². The van der Waals surface area contributed by atoms with Crippen molar-refractivity contribution >= 4 is 5.91 Å². The number of carbonyl (C=O) groups is 1. The standard InChI is InChI=1S/C12H21F2N3O/c13-11(14)8-16-12(18)10-2-1-7-17(10)9-3-5-15-6-4-9/h9-11,15H,1-8H2,(H,16,18). The van der Waals surface area contributed by atoms with E-state index in [9.17, 15) is 13.6 Å². The maximum Gasteiger partial charge on any atom is 0.255 e. The number of nitrogens with zero attached hydrogens (tertiary/aromatic N) is 1. The molecule has 0 spiro atoms. The summed E-state index contributed by atoms with van der Waals surface area (Å²) in [5, 5.41) is 5.64. The Hall–Kier alpha value is -0.750. The van der Waals surface area contributed by atoms with Crippen LogP contribution in [0.25, 0.3) is 0 Å². The summed E-state index contributed by atoms with van der Waals surface area (Å²) in [5.41, 5.74) is 0. The zero-order chi connectivity index (χ0) is 13.0. The fraction of sp³-hybridized carbons (Fsp3) is 0.917. The van der Waals surface area contributed by atoms with E-state index >= 15 is 0 Å². The van der Waals surface area contributed by atoms with Crippen LogP contribution in [0.3, 0.4) is 0 Å². The first-order chi connectivity index (χ1) is 8.68. The predicted octanol–water partition coefficient (Wildman–Crippen LogP) is 0.584. The Morgan fingerprint density at radius 3 is 2.72 bits per heavy atom. The van der Waals surface area contributed by atoms with Gasteiger partial charge in [-0.25, -0.2) is 8.78 Å². The number of amides is 1. The molecule has 0 aliphatic carbocycles. The molecule has 1 atom stereocenters. The Kier molecular flexibility index (Phi) is 4.88. The highest BCUT2D eigenvalue weighted by molar-refractivity contribution is 5.82. The summed E-state index contributed by atoms with van der Waals surface area (Å²) in [6.07, 6.45) is 1.38. The minimum atomic E-state index is -2.47. The molecule has 6 heteroatoms. The molecule has 2 N–H and O–H groups in total. The van der Waals surface area contributed by atoms with E-state index in [1.165, 1.54) is 0 Å². The zero-order valence-corrected chi connectivity index (χ0v) is 10.5. The van der Waals surface area contributed by atoms with Gasteiger partial charge in [0.2, 0.25) is 5.91 Å². The smallest absolute Gasteiger partial charge is 0.255 e. The lowest BCUT2D eigenvalue weighted by Crippen LogP contribution is -2.51. The fourth-order valence-electron chi connectivity index (χ4n) is 2.94. The number of hydrogen-bond acceptors (Lipinski definition) is 3. The maximum atomic E-state index is 12.1. The van der Waals surface area contributed by atoms with E-state index in [2.05, 4.69) is 15.5 Å². The molecular weight excluding hydrogens is 240 g/mol. The monoisotopic (exact) mass is 261 g/mol. The first kappa shape index (κ1) is 13.7. The lowest BCUT2D eigenvalue weighted by molar-refractivity contribution is -0.127. The van der Waals surface area contributed by atoms with Gasteiger partial charge in [0.15, 0.2) is 0 Å². The van der Waals surface area contributed by atoms with Crippen LogP contribution in [-0.2, 0) is 4.79 Å². The Morgan fingerprint density at radius 2 is 2.06 bits per heavy atom. The van der Waals surface area contributed by atoms with Crippen molar-refractivity contribution in [3.63, 3.8) is 0 Å². The number of hydrogen-bond donors (Lipinski definition) is 2. The second kappa shape index (κ2) is 6.43. The van der Waals surface area contributed by atoms with Gasteiger partial charge < -0.3 is 10.6 Å². The van der Waals surface area contributed by atoms with Gasteiger partial charge in [-0.1, -0.05) is 0 Å². The number of carbonyl (C=O) groups excluding carboxylic acids is 1. The molecule has 1 unspecified atom stereocenters. The molecule has 104 valence electrons. The number of alkyl halides is 2. The first-order valence-electron chi connectivity index (χ1n) is 6.71. The summed E-state index contributed by atoms with van der Waals surface area (Å²) in [7, 11) is 0. The third-order valence-corrected chi connectivity index (χ3v) is 3.81. The molecule has 0 aromatic heterocycles. The molecule has 2 rings (SSSR count). The Labute approximate surface area is 106 Å². The van der Waals surface area contributed by atoms with Gasteiger partial charge in [-0.05, 0) is 45.3 Å². The molecule has 2 heterocycles. The van der Waals surface area contributed by atoms with Crippen molar-refractivity contribution in [2.75, 3.05) is 26.2 Å². The largest absolute Gasteiger partial charge is 0.349 e. The van der Waals surface area contributed by atoms with Crippen LogP contribution < -0.4 is 10.6 Å². The molecule has 0 aromatic rings. The number of halogens is 2. The molecule has 18 heavy (non-hydrogen) atoms. The molecular formula is C12H21F2N3O. The lowest BCUT2D eigenvalue weighted by Gasteiger charge is -2.35. The molecule has 4 nitrogen and oxygen atoms in total. The third-order valence-electron chi connectivity index (χ3n) is 3.81. The van der Waals surface area contributed by atoms with E-state index in [1.807, 2.05) is 0 Å². The quantitative estimate of drug-likeness (QED) is 0.778. The summed E-state index contributed by atoms with van der Waals surface area (Å²) in [4.78, 5) is 14.1. The molecule has 0 bridgehead atoms. The molecule has 2 saturated heterocycles. The van der Waals surface area contributed by atoms with Crippen molar-refractivity contribution in [3.05, 3.63) is 0 Å². The average Bonchev–Trinajstić information content (AvgIpc) is 2.86. The van der Waals surface area contributed by atoms with Gasteiger partial charge in [0.05, 0.1) is 12.6 Å². The van der Waals surface area contributed by atoms with Crippen molar-refractivity contribution in [2.24, 2.45) is 0 Å². The minimum Gasteiger partial charge on any atom is -0.349 e. The van der Waals surface area contributed by atoms with Crippen LogP contribution in [0.5, 0.6) is 0 Å². The number of likely N-dealkylation sites (tertiary alicyclic amines) is 1. The number of rotatable bonds is 4. The molecule has 0 saturated carbocycles. The van der Waals surface area contributed by atoms with E-state index in [0.29, 0.717) is 6.04 Å². The van der Waals surface area contributed by atoms with E-state index < -0.39 is 13.0 Å².